The fourth-order valence-corrected chi connectivity index (χ4v) is 4.59. The topological polar surface area (TPSA) is 50.7 Å². The van der Waals surface area contributed by atoms with Crippen LogP contribution in [0.3, 0.4) is 0 Å². The Kier molecular flexibility index (Phi) is 7.02. The Balaban J connectivity index is 1.46. The third-order valence-electron chi connectivity index (χ3n) is 4.29. The number of hydrogen-bond acceptors (Lipinski definition) is 4. The van der Waals surface area contributed by atoms with Crippen molar-refractivity contribution < 1.29 is 9.53 Å². The molecule has 1 saturated heterocycles. The van der Waals surface area contributed by atoms with Gasteiger partial charge in [-0.05, 0) is 75.7 Å². The van der Waals surface area contributed by atoms with Crippen molar-refractivity contribution in [2.75, 3.05) is 0 Å². The van der Waals surface area contributed by atoms with E-state index in [2.05, 4.69) is 26.2 Å². The second-order valence-corrected chi connectivity index (χ2v) is 9.26. The molecule has 1 N–H and O–H groups in total. The molecule has 0 saturated carbocycles. The van der Waals surface area contributed by atoms with Gasteiger partial charge >= 0.3 is 0 Å². The number of ether oxygens (including phenoxy) is 1. The molecule has 156 valence electrons. The number of amidine groups is 1. The van der Waals surface area contributed by atoms with Gasteiger partial charge in [0.05, 0.1) is 15.1 Å². The van der Waals surface area contributed by atoms with Crippen LogP contribution in [-0.2, 0) is 11.4 Å². The first-order chi connectivity index (χ1) is 15.0. The van der Waals surface area contributed by atoms with Gasteiger partial charge in [-0.2, -0.15) is 0 Å². The Morgan fingerprint density at radius 3 is 2.61 bits per heavy atom. The first-order valence-electron chi connectivity index (χ1n) is 9.19. The van der Waals surface area contributed by atoms with E-state index in [4.69, 9.17) is 27.9 Å². The Bertz CT molecular complexity index is 1200. The highest BCUT2D eigenvalue weighted by Gasteiger charge is 2.23. The van der Waals surface area contributed by atoms with E-state index in [1.54, 1.807) is 12.1 Å². The van der Waals surface area contributed by atoms with Crippen LogP contribution < -0.4 is 10.1 Å². The summed E-state index contributed by atoms with van der Waals surface area (Å²) in [6.45, 7) is 0.312. The second-order valence-electron chi connectivity index (χ2n) is 6.53. The van der Waals surface area contributed by atoms with Crippen LogP contribution >= 0.6 is 50.9 Å². The largest absolute Gasteiger partial charge is 0.488 e. The van der Waals surface area contributed by atoms with Gasteiger partial charge in [-0.3, -0.25) is 4.79 Å². The van der Waals surface area contributed by atoms with Gasteiger partial charge in [0.15, 0.2) is 5.17 Å². The second kappa shape index (κ2) is 9.92. The van der Waals surface area contributed by atoms with Gasteiger partial charge in [-0.1, -0.05) is 53.5 Å². The molecule has 0 bridgehead atoms. The van der Waals surface area contributed by atoms with Crippen LogP contribution in [0.4, 0.5) is 5.69 Å². The molecule has 4 rings (SSSR count). The summed E-state index contributed by atoms with van der Waals surface area (Å²) in [6.07, 6.45) is 1.82. The molecular weight excluding hydrogens is 519 g/mol. The highest BCUT2D eigenvalue weighted by Crippen LogP contribution is 2.32. The van der Waals surface area contributed by atoms with Gasteiger partial charge < -0.3 is 10.1 Å². The van der Waals surface area contributed by atoms with E-state index >= 15 is 0 Å². The molecule has 1 fully saturated rings. The normalized spacial score (nSPS) is 16.0. The van der Waals surface area contributed by atoms with Crippen LogP contribution in [0.2, 0.25) is 10.0 Å². The Hall–Kier alpha value is -2.25. The van der Waals surface area contributed by atoms with Crippen LogP contribution in [0.25, 0.3) is 6.08 Å². The summed E-state index contributed by atoms with van der Waals surface area (Å²) >= 11 is 17.0. The average molecular weight is 534 g/mol. The number of amides is 1. The number of benzene rings is 3. The molecule has 1 amide bonds. The number of nitrogens with zero attached hydrogens (tertiary/aromatic N) is 1. The van der Waals surface area contributed by atoms with Crippen LogP contribution in [0, 0.1) is 0 Å². The van der Waals surface area contributed by atoms with Gasteiger partial charge in [0.2, 0.25) is 0 Å². The smallest absolute Gasteiger partial charge is 0.264 e. The van der Waals surface area contributed by atoms with Gasteiger partial charge in [0.25, 0.3) is 5.91 Å². The third kappa shape index (κ3) is 5.71. The van der Waals surface area contributed by atoms with Crippen molar-refractivity contribution >= 4 is 73.7 Å². The zero-order valence-corrected chi connectivity index (χ0v) is 19.9. The van der Waals surface area contributed by atoms with Crippen molar-refractivity contribution in [2.45, 2.75) is 6.61 Å². The van der Waals surface area contributed by atoms with E-state index < -0.39 is 0 Å². The molecule has 0 spiro atoms. The molecule has 4 nitrogen and oxygen atoms in total. The maximum absolute atomic E-state index is 12.3. The monoisotopic (exact) mass is 532 g/mol. The fraction of sp³-hybridized carbons (Fsp3) is 0.0435. The lowest BCUT2D eigenvalue weighted by atomic mass is 10.2. The van der Waals surface area contributed by atoms with E-state index in [-0.39, 0.29) is 5.91 Å². The summed E-state index contributed by atoms with van der Waals surface area (Å²) in [5.74, 6) is 0.497. The number of thioether (sulfide) groups is 1. The lowest BCUT2D eigenvalue weighted by molar-refractivity contribution is -0.115. The molecule has 3 aromatic rings. The molecule has 0 aliphatic carbocycles. The van der Waals surface area contributed by atoms with Gasteiger partial charge in [0, 0.05) is 15.6 Å². The first-order valence-corrected chi connectivity index (χ1v) is 11.6. The van der Waals surface area contributed by atoms with E-state index in [1.807, 2.05) is 60.7 Å². The molecule has 0 atom stereocenters. The molecule has 8 heteroatoms. The van der Waals surface area contributed by atoms with Crippen molar-refractivity contribution in [1.29, 1.82) is 0 Å². The summed E-state index contributed by atoms with van der Waals surface area (Å²) in [5.41, 5.74) is 2.49. The maximum atomic E-state index is 12.3. The fourth-order valence-electron chi connectivity index (χ4n) is 2.77. The summed E-state index contributed by atoms with van der Waals surface area (Å²) in [5, 5.41) is 4.49. The number of aliphatic imine (C=N–C) groups is 1. The van der Waals surface area contributed by atoms with Gasteiger partial charge in [-0.15, -0.1) is 0 Å². The molecule has 0 radical (unpaired) electrons. The number of para-hydroxylation sites is 1. The van der Waals surface area contributed by atoms with Crippen molar-refractivity contribution in [2.24, 2.45) is 4.99 Å². The van der Waals surface area contributed by atoms with Crippen LogP contribution in [-0.4, -0.2) is 11.1 Å². The SMILES string of the molecule is O=C1NC(=Nc2ccccc2)S/C1=C\c1ccc(OCc2ccc(Cl)cc2Cl)c(Br)c1. The van der Waals surface area contributed by atoms with Gasteiger partial charge in [0.1, 0.15) is 12.4 Å². The Labute approximate surface area is 202 Å². The van der Waals surface area contributed by atoms with Crippen LogP contribution in [0.1, 0.15) is 11.1 Å². The number of nitrogens with one attached hydrogen (secondary N) is 1. The molecule has 0 aromatic heterocycles. The van der Waals surface area contributed by atoms with Crippen molar-refractivity contribution in [3.8, 4) is 5.75 Å². The number of halogens is 3. The van der Waals surface area contributed by atoms with E-state index in [0.717, 1.165) is 21.3 Å². The highest BCUT2D eigenvalue weighted by molar-refractivity contribution is 9.10. The molecule has 0 unspecified atom stereocenters. The van der Waals surface area contributed by atoms with Crippen molar-refractivity contribution in [3.05, 3.63) is 97.3 Å². The lowest BCUT2D eigenvalue weighted by Crippen LogP contribution is -2.19. The molecule has 3 aromatic carbocycles. The van der Waals surface area contributed by atoms with Crippen molar-refractivity contribution in [1.82, 2.24) is 5.32 Å². The predicted molar refractivity (Wildman–Crippen MR) is 132 cm³/mol. The number of hydrogen-bond donors (Lipinski definition) is 1. The predicted octanol–water partition coefficient (Wildman–Crippen LogP) is 7.23. The van der Waals surface area contributed by atoms with Crippen molar-refractivity contribution in [3.63, 3.8) is 0 Å². The average Bonchev–Trinajstić information content (AvgIpc) is 3.08. The van der Waals surface area contributed by atoms with Crippen LogP contribution in [0.5, 0.6) is 5.75 Å². The Morgan fingerprint density at radius 2 is 1.87 bits per heavy atom. The summed E-state index contributed by atoms with van der Waals surface area (Å²) in [6, 6.07) is 20.4. The lowest BCUT2D eigenvalue weighted by Gasteiger charge is -2.10. The summed E-state index contributed by atoms with van der Waals surface area (Å²) in [4.78, 5) is 17.3. The highest BCUT2D eigenvalue weighted by atomic mass is 79.9. The van der Waals surface area contributed by atoms with Crippen LogP contribution in [0.15, 0.2) is 81.1 Å². The molecule has 1 aliphatic heterocycles. The maximum Gasteiger partial charge on any atom is 0.264 e. The Morgan fingerprint density at radius 1 is 1.06 bits per heavy atom. The minimum Gasteiger partial charge on any atom is -0.488 e. The summed E-state index contributed by atoms with van der Waals surface area (Å²) < 4.78 is 6.65. The number of carbonyl (C=O) groups excluding carboxylic acids is 1. The van der Waals surface area contributed by atoms with E-state index in [9.17, 15) is 4.79 Å². The van der Waals surface area contributed by atoms with E-state index in [0.29, 0.717) is 32.5 Å². The van der Waals surface area contributed by atoms with Gasteiger partial charge in [-0.25, -0.2) is 4.99 Å². The molecule has 1 heterocycles. The quantitative estimate of drug-likeness (QED) is 0.352. The standard InChI is InChI=1S/C23H15BrCl2N2O2S/c24-18-10-14(6-9-20(18)30-13-15-7-8-16(25)12-19(15)26)11-21-22(29)28-23(31-21)27-17-4-2-1-3-5-17/h1-12H,13H2,(H,27,28,29)/b21-11-. The molecule has 31 heavy (non-hydrogen) atoms. The van der Waals surface area contributed by atoms with E-state index in [1.165, 1.54) is 11.8 Å². The number of carbonyl (C=O) groups is 1. The minimum absolute atomic E-state index is 0.173. The minimum atomic E-state index is -0.173. The molecule has 1 aliphatic rings. The zero-order chi connectivity index (χ0) is 21.8. The number of rotatable bonds is 5. The third-order valence-corrected chi connectivity index (χ3v) is 6.41. The zero-order valence-electron chi connectivity index (χ0n) is 15.9. The summed E-state index contributed by atoms with van der Waals surface area (Å²) in [7, 11) is 0. The molecular formula is C23H15BrCl2N2O2S. The first kappa shape index (κ1) is 22.0.